The van der Waals surface area contributed by atoms with Crippen molar-refractivity contribution in [3.63, 3.8) is 0 Å². The predicted octanol–water partition coefficient (Wildman–Crippen LogP) is -4.39. The molecule has 0 spiro atoms. The molecule has 0 radical (unpaired) electrons. The van der Waals surface area contributed by atoms with Crippen LogP contribution in [0.5, 0.6) is 23.0 Å². The zero-order chi connectivity index (χ0) is 38.3. The molecule has 16 atom stereocenters. The lowest BCUT2D eigenvalue weighted by molar-refractivity contribution is -0.341. The van der Waals surface area contributed by atoms with Crippen LogP contribution in [-0.2, 0) is 28.4 Å². The first-order valence-corrected chi connectivity index (χ1v) is 16.6. The van der Waals surface area contributed by atoms with Gasteiger partial charge in [-0.15, -0.1) is 0 Å². The highest BCUT2D eigenvalue weighted by Crippen LogP contribution is 2.45. The normalized spacial score (nSPS) is 40.2. The second kappa shape index (κ2) is 16.1. The fraction of sp³-hybridized carbons (Fsp3) is 0.576. The highest BCUT2D eigenvalue weighted by molar-refractivity contribution is 5.69. The zero-order valence-electron chi connectivity index (χ0n) is 27.6. The van der Waals surface area contributed by atoms with Crippen LogP contribution in [0, 0.1) is 0 Å². The van der Waals surface area contributed by atoms with Crippen LogP contribution >= 0.6 is 0 Å². The Bertz CT molecular complexity index is 1570. The van der Waals surface area contributed by atoms with Crippen LogP contribution in [0.1, 0.15) is 17.2 Å². The number of hydrogen-bond donors (Lipinski definition) is 13. The van der Waals surface area contributed by atoms with Crippen LogP contribution < -0.4 is 0 Å². The first-order chi connectivity index (χ1) is 25.2. The van der Waals surface area contributed by atoms with E-state index >= 15 is 0 Å². The van der Waals surface area contributed by atoms with Crippen molar-refractivity contribution in [2.45, 2.75) is 98.2 Å². The van der Waals surface area contributed by atoms with E-state index in [0.717, 1.165) is 6.07 Å². The van der Waals surface area contributed by atoms with Crippen molar-refractivity contribution in [1.29, 1.82) is 0 Å². The van der Waals surface area contributed by atoms with Gasteiger partial charge in [0.1, 0.15) is 96.1 Å². The van der Waals surface area contributed by atoms with E-state index in [9.17, 15) is 66.4 Å². The van der Waals surface area contributed by atoms with Crippen LogP contribution in [0.2, 0.25) is 0 Å². The number of aliphatic hydroxyl groups is 11. The van der Waals surface area contributed by atoms with E-state index in [2.05, 4.69) is 4.74 Å². The third-order valence-electron chi connectivity index (χ3n) is 9.44. The second-order valence-electron chi connectivity index (χ2n) is 13.1. The monoisotopic (exact) mass is 759 g/mol. The lowest BCUT2D eigenvalue weighted by Crippen LogP contribution is -2.62. The maximum absolute atomic E-state index is 10.9. The molecule has 6 rings (SSSR count). The Balaban J connectivity index is 1.14. The summed E-state index contributed by atoms with van der Waals surface area (Å²) in [6.07, 6.45) is -25.1. The van der Waals surface area contributed by atoms with Gasteiger partial charge in [-0.2, -0.15) is 0 Å². The summed E-state index contributed by atoms with van der Waals surface area (Å²) in [6.45, 7) is -2.02. The Morgan fingerprint density at radius 1 is 0.566 bits per heavy atom. The molecule has 0 bridgehead atoms. The van der Waals surface area contributed by atoms with Crippen molar-refractivity contribution < 1.29 is 99.5 Å². The van der Waals surface area contributed by atoms with Gasteiger partial charge in [0.05, 0.1) is 31.5 Å². The number of hydrogen-bond acceptors (Lipinski definition) is 19. The number of phenolic OH excluding ortho intramolecular Hbond substituents is 3. The molecule has 14 N–H and O–H groups in total. The molecule has 294 valence electrons. The summed E-state index contributed by atoms with van der Waals surface area (Å²) >= 11 is 0. The molecular formula is C33H43O20+. The maximum atomic E-state index is 10.9. The van der Waals surface area contributed by atoms with Crippen LogP contribution in [0.25, 0.3) is 6.08 Å². The molecule has 3 fully saturated rings. The number of phenols is 3. The number of aliphatic hydroxyl groups excluding tert-OH is 10. The highest BCUT2D eigenvalue weighted by Gasteiger charge is 2.50. The summed E-state index contributed by atoms with van der Waals surface area (Å²) in [7, 11) is 0. The predicted molar refractivity (Wildman–Crippen MR) is 170 cm³/mol. The van der Waals surface area contributed by atoms with Gasteiger partial charge in [-0.1, -0.05) is 0 Å². The molecule has 1 unspecified atom stereocenters. The highest BCUT2D eigenvalue weighted by atomic mass is 16.7. The molecule has 0 amide bonds. The Morgan fingerprint density at radius 3 is 1.60 bits per heavy atom. The van der Waals surface area contributed by atoms with Crippen molar-refractivity contribution in [1.82, 2.24) is 0 Å². The third kappa shape index (κ3) is 8.03. The molecule has 53 heavy (non-hydrogen) atoms. The van der Waals surface area contributed by atoms with E-state index in [0.29, 0.717) is 5.56 Å². The molecule has 2 aromatic carbocycles. The van der Waals surface area contributed by atoms with E-state index in [1.54, 1.807) is 0 Å². The van der Waals surface area contributed by atoms with Crippen molar-refractivity contribution in [3.05, 3.63) is 53.3 Å². The minimum Gasteiger partial charge on any atom is -0.571 e. The fourth-order valence-corrected chi connectivity index (χ4v) is 6.34. The van der Waals surface area contributed by atoms with Crippen molar-refractivity contribution in [2.24, 2.45) is 0 Å². The number of aromatic hydroxyl groups is 4. The zero-order valence-corrected chi connectivity index (χ0v) is 27.6. The number of rotatable bonds is 10. The molecule has 4 heterocycles. The number of benzene rings is 2. The summed E-state index contributed by atoms with van der Waals surface area (Å²) in [5.74, 6) is -0.479. The molecule has 4 aliphatic rings. The average Bonchev–Trinajstić information content (AvgIpc) is 3.13. The molecule has 0 saturated carbocycles. The molecule has 0 aliphatic carbocycles. The van der Waals surface area contributed by atoms with Crippen molar-refractivity contribution in [2.75, 3.05) is 19.8 Å². The van der Waals surface area contributed by atoms with E-state index in [4.69, 9.17) is 28.4 Å². The average molecular weight is 760 g/mol. The van der Waals surface area contributed by atoms with Gasteiger partial charge in [0.2, 0.25) is 6.29 Å². The van der Waals surface area contributed by atoms with Gasteiger partial charge in [0.15, 0.2) is 18.3 Å². The molecule has 2 aromatic rings. The molecule has 4 aliphatic heterocycles. The van der Waals surface area contributed by atoms with Crippen molar-refractivity contribution in [3.8, 4) is 23.0 Å². The molecular weight excluding hydrogens is 716 g/mol. The summed E-state index contributed by atoms with van der Waals surface area (Å²) < 4.78 is 38.2. The topological polar surface area (TPSA) is 331 Å². The van der Waals surface area contributed by atoms with Gasteiger partial charge < -0.3 is 99.5 Å². The number of ether oxygens (including phenoxy) is 7. The SMILES string of the molecule is OC[C@@H]1O[C@@H](OC[C@H]2O[C@@H](OC[C@@H]3O[C@@H](OC4=Cc5c(O)cc(O)cc5[OH+]C4c4ccc(O)cc4)[C@H](O)[C@H](O)[C@@H]3O)[C@H](O)[C@@H](O)[C@@H]2O)[C@@H](O)[C@@H](O)[C@@H]1O. The van der Waals surface area contributed by atoms with Crippen LogP contribution in [0.15, 0.2) is 42.2 Å². The Morgan fingerprint density at radius 2 is 1.06 bits per heavy atom. The Hall–Kier alpha value is -3.42. The van der Waals surface area contributed by atoms with E-state index in [1.165, 1.54) is 36.4 Å². The second-order valence-corrected chi connectivity index (χ2v) is 13.1. The Kier molecular flexibility index (Phi) is 12.0. The van der Waals surface area contributed by atoms with Gasteiger partial charge in [0.25, 0.3) is 11.9 Å². The lowest BCUT2D eigenvalue weighted by atomic mass is 9.98. The van der Waals surface area contributed by atoms with Crippen molar-refractivity contribution >= 4 is 6.08 Å². The van der Waals surface area contributed by atoms with Gasteiger partial charge >= 0.3 is 0 Å². The minimum atomic E-state index is -1.88. The smallest absolute Gasteiger partial charge is 0.270 e. The third-order valence-corrected chi connectivity index (χ3v) is 9.44. The van der Waals surface area contributed by atoms with Crippen LogP contribution in [0.3, 0.4) is 0 Å². The summed E-state index contributed by atoms with van der Waals surface area (Å²) in [5, 5.41) is 134. The molecule has 20 heteroatoms. The first kappa shape index (κ1) is 39.3. The largest absolute Gasteiger partial charge is 0.571 e. The van der Waals surface area contributed by atoms with E-state index < -0.39 is 118 Å². The first-order valence-electron chi connectivity index (χ1n) is 16.6. The molecule has 20 nitrogen and oxygen atoms in total. The standard InChI is InChI=1S/C33H42O20/c34-8-18-21(38)24(41)27(44)31(51-18)47-9-19-22(39)25(42)28(45)32(52-19)48-10-20-23(40)26(43)29(46)33(53-20)50-17-7-14-15(37)5-13(36)6-16(14)49-30(17)11-1-3-12(35)4-2-11/h1-7,18-46H,8-10H2/p+1/t18-,19+,20-,21+,22+,23+,24-,25-,26+,27-,28+,29+,30?,31+,32+,33+/m0/s1. The van der Waals surface area contributed by atoms with Gasteiger partial charge in [-0.05, 0) is 24.3 Å². The minimum absolute atomic E-state index is 0.0122. The van der Waals surface area contributed by atoms with E-state index in [-0.39, 0.29) is 34.3 Å². The lowest BCUT2D eigenvalue weighted by Gasteiger charge is -2.44. The Labute approximate surface area is 300 Å². The van der Waals surface area contributed by atoms with Crippen LogP contribution in [0.4, 0.5) is 0 Å². The van der Waals surface area contributed by atoms with Gasteiger partial charge in [-0.25, -0.2) is 0 Å². The quantitative estimate of drug-likeness (QED) is 0.102. The van der Waals surface area contributed by atoms with Gasteiger partial charge in [-0.3, -0.25) is 0 Å². The fourth-order valence-electron chi connectivity index (χ4n) is 6.34. The van der Waals surface area contributed by atoms with E-state index in [1.807, 2.05) is 0 Å². The van der Waals surface area contributed by atoms with Crippen LogP contribution in [-0.4, -0.2) is 183 Å². The summed E-state index contributed by atoms with van der Waals surface area (Å²) in [6, 6.07) is 8.23. The summed E-state index contributed by atoms with van der Waals surface area (Å²) in [5.41, 5.74) is 0.621. The summed E-state index contributed by atoms with van der Waals surface area (Å²) in [4.78, 5) is 0. The molecule has 3 saturated heterocycles. The maximum Gasteiger partial charge on any atom is 0.270 e. The number of fused-ring (bicyclic) bond motifs is 1. The van der Waals surface area contributed by atoms with Gasteiger partial charge in [0, 0.05) is 12.1 Å². The molecule has 0 aromatic heterocycles.